The van der Waals surface area contributed by atoms with Crippen molar-refractivity contribution in [2.24, 2.45) is 0 Å². The van der Waals surface area contributed by atoms with Crippen molar-refractivity contribution >= 4 is 29.3 Å². The second-order valence-electron chi connectivity index (χ2n) is 8.81. The summed E-state index contributed by atoms with van der Waals surface area (Å²) in [4.78, 5) is 29.4. The van der Waals surface area contributed by atoms with Gasteiger partial charge in [0.2, 0.25) is 5.16 Å². The molecule has 1 heterocycles. The lowest BCUT2D eigenvalue weighted by Gasteiger charge is -2.16. The molecule has 0 aliphatic carbocycles. The van der Waals surface area contributed by atoms with E-state index in [1.54, 1.807) is 7.11 Å². The van der Waals surface area contributed by atoms with Crippen LogP contribution in [0.3, 0.4) is 0 Å². The van der Waals surface area contributed by atoms with Crippen LogP contribution in [0.5, 0.6) is 5.75 Å². The van der Waals surface area contributed by atoms with Crippen molar-refractivity contribution in [3.05, 3.63) is 53.1 Å². The number of ketones is 1. The first kappa shape index (κ1) is 28.0. The Balaban J connectivity index is 1.51. The van der Waals surface area contributed by atoms with E-state index in [1.807, 2.05) is 59.1 Å². The summed E-state index contributed by atoms with van der Waals surface area (Å²) < 4.78 is 10.4. The molecule has 0 aliphatic heterocycles. The molecular formula is C26H34N6O4S. The SMILES string of the molecule is CCC(NC(=O)OCCc1ccc(OC)cc1)C(=O)Cn1nnc(Sc2c(C)cc(N(C)C)cc2C)n1. The molecule has 2 aromatic carbocycles. The van der Waals surface area contributed by atoms with E-state index in [1.165, 1.54) is 16.6 Å². The maximum Gasteiger partial charge on any atom is 0.407 e. The number of rotatable bonds is 12. The zero-order chi connectivity index (χ0) is 26.9. The molecule has 3 rings (SSSR count). The minimum absolute atomic E-state index is 0.101. The summed E-state index contributed by atoms with van der Waals surface area (Å²) in [5.74, 6) is 0.537. The smallest absolute Gasteiger partial charge is 0.407 e. The Kier molecular flexibility index (Phi) is 9.90. The average molecular weight is 527 g/mol. The lowest BCUT2D eigenvalue weighted by atomic mass is 10.1. The lowest BCUT2D eigenvalue weighted by Crippen LogP contribution is -2.42. The highest BCUT2D eigenvalue weighted by atomic mass is 32.2. The van der Waals surface area contributed by atoms with Gasteiger partial charge in [0.25, 0.3) is 0 Å². The zero-order valence-electron chi connectivity index (χ0n) is 22.1. The van der Waals surface area contributed by atoms with Crippen LogP contribution in [0.1, 0.15) is 30.0 Å². The molecule has 37 heavy (non-hydrogen) atoms. The second-order valence-corrected chi connectivity index (χ2v) is 9.79. The maximum atomic E-state index is 12.8. The number of nitrogens with one attached hydrogen (secondary N) is 1. The van der Waals surface area contributed by atoms with Gasteiger partial charge in [-0.3, -0.25) is 4.79 Å². The summed E-state index contributed by atoms with van der Waals surface area (Å²) in [5, 5.41) is 15.6. The molecule has 11 heteroatoms. The Labute approximate surface area is 221 Å². The highest BCUT2D eigenvalue weighted by Crippen LogP contribution is 2.33. The standard InChI is InChI=1S/C26H34N6O4S/c1-7-22(27-26(34)36-13-12-19-8-10-21(35-6)11-9-19)23(33)16-32-29-25(28-30-32)37-24-17(2)14-20(31(4)5)15-18(24)3/h8-11,14-15,22H,7,12-13,16H2,1-6H3,(H,27,34). The molecule has 198 valence electrons. The molecule has 0 fully saturated rings. The number of methoxy groups -OCH3 is 1. The number of benzene rings is 2. The molecule has 3 aromatic rings. The highest BCUT2D eigenvalue weighted by Gasteiger charge is 2.21. The summed E-state index contributed by atoms with van der Waals surface area (Å²) in [6, 6.07) is 11.0. The van der Waals surface area contributed by atoms with E-state index in [2.05, 4.69) is 37.8 Å². The topological polar surface area (TPSA) is 111 Å². The molecular weight excluding hydrogens is 492 g/mol. The molecule has 1 aromatic heterocycles. The van der Waals surface area contributed by atoms with Gasteiger partial charge < -0.3 is 19.7 Å². The Morgan fingerprint density at radius 1 is 1.14 bits per heavy atom. The van der Waals surface area contributed by atoms with Crippen LogP contribution in [0.2, 0.25) is 0 Å². The fraction of sp³-hybridized carbons (Fsp3) is 0.423. The van der Waals surface area contributed by atoms with Crippen molar-refractivity contribution in [2.75, 3.05) is 32.7 Å². The number of alkyl carbamates (subject to hydrolysis) is 1. The van der Waals surface area contributed by atoms with E-state index in [0.717, 1.165) is 33.0 Å². The Morgan fingerprint density at radius 2 is 1.81 bits per heavy atom. The lowest BCUT2D eigenvalue weighted by molar-refractivity contribution is -0.122. The largest absolute Gasteiger partial charge is 0.497 e. The van der Waals surface area contributed by atoms with Gasteiger partial charge in [-0.1, -0.05) is 19.1 Å². The van der Waals surface area contributed by atoms with E-state index in [9.17, 15) is 9.59 Å². The van der Waals surface area contributed by atoms with Crippen LogP contribution in [-0.4, -0.2) is 65.9 Å². The third-order valence-corrected chi connectivity index (χ3v) is 6.95. The summed E-state index contributed by atoms with van der Waals surface area (Å²) in [6.45, 7) is 6.01. The quantitative estimate of drug-likeness (QED) is 0.376. The van der Waals surface area contributed by atoms with Gasteiger partial charge in [0.15, 0.2) is 5.78 Å². The van der Waals surface area contributed by atoms with Crippen molar-refractivity contribution in [2.45, 2.75) is 56.3 Å². The molecule has 0 radical (unpaired) electrons. The maximum absolute atomic E-state index is 12.8. The number of carbonyl (C=O) groups excluding carboxylic acids is 2. The normalized spacial score (nSPS) is 11.6. The molecule has 10 nitrogen and oxygen atoms in total. The van der Waals surface area contributed by atoms with Crippen LogP contribution < -0.4 is 15.0 Å². The fourth-order valence-electron chi connectivity index (χ4n) is 3.67. The van der Waals surface area contributed by atoms with Crippen LogP contribution in [-0.2, 0) is 22.5 Å². The number of anilines is 1. The summed E-state index contributed by atoms with van der Waals surface area (Å²) in [5.41, 5.74) is 4.37. The first-order valence-corrected chi connectivity index (χ1v) is 12.8. The average Bonchev–Trinajstić information content (AvgIpc) is 3.31. The van der Waals surface area contributed by atoms with E-state index < -0.39 is 12.1 Å². The number of aryl methyl sites for hydroxylation is 2. The minimum atomic E-state index is -0.710. The van der Waals surface area contributed by atoms with Gasteiger partial charge >= 0.3 is 6.09 Å². The monoisotopic (exact) mass is 526 g/mol. The number of tetrazole rings is 1. The van der Waals surface area contributed by atoms with Crippen molar-refractivity contribution in [1.82, 2.24) is 25.5 Å². The number of carbonyl (C=O) groups is 2. The van der Waals surface area contributed by atoms with Crippen molar-refractivity contribution in [3.8, 4) is 5.75 Å². The number of nitrogens with zero attached hydrogens (tertiary/aromatic N) is 5. The fourth-order valence-corrected chi connectivity index (χ4v) is 4.51. The Hall–Kier alpha value is -3.60. The van der Waals surface area contributed by atoms with Crippen LogP contribution in [0, 0.1) is 13.8 Å². The molecule has 1 amide bonds. The van der Waals surface area contributed by atoms with Crippen molar-refractivity contribution in [3.63, 3.8) is 0 Å². The Morgan fingerprint density at radius 3 is 2.41 bits per heavy atom. The van der Waals surface area contributed by atoms with Crippen LogP contribution in [0.4, 0.5) is 10.5 Å². The molecule has 1 atom stereocenters. The van der Waals surface area contributed by atoms with Crippen LogP contribution in [0.15, 0.2) is 46.5 Å². The number of ether oxygens (including phenoxy) is 2. The molecule has 0 bridgehead atoms. The molecule has 1 unspecified atom stereocenters. The van der Waals surface area contributed by atoms with E-state index in [-0.39, 0.29) is 18.9 Å². The van der Waals surface area contributed by atoms with Gasteiger partial charge in [0, 0.05) is 31.1 Å². The van der Waals surface area contributed by atoms with E-state index in [4.69, 9.17) is 9.47 Å². The summed E-state index contributed by atoms with van der Waals surface area (Å²) in [6.07, 6.45) is 0.338. The highest BCUT2D eigenvalue weighted by molar-refractivity contribution is 7.99. The third kappa shape index (κ3) is 7.94. The number of Topliss-reactive ketones (excluding diaryl/α,β-unsaturated/α-hetero) is 1. The van der Waals surface area contributed by atoms with Crippen LogP contribution in [0.25, 0.3) is 0 Å². The Bertz CT molecular complexity index is 1190. The molecule has 0 aliphatic rings. The van der Waals surface area contributed by atoms with Crippen molar-refractivity contribution in [1.29, 1.82) is 0 Å². The third-order valence-electron chi connectivity index (χ3n) is 5.76. The van der Waals surface area contributed by atoms with E-state index in [0.29, 0.717) is 18.0 Å². The number of hydrogen-bond acceptors (Lipinski definition) is 9. The molecule has 0 saturated carbocycles. The number of hydrogen-bond donors (Lipinski definition) is 1. The predicted molar refractivity (Wildman–Crippen MR) is 142 cm³/mol. The molecule has 0 spiro atoms. The molecule has 0 saturated heterocycles. The van der Waals surface area contributed by atoms with Gasteiger partial charge in [0.05, 0.1) is 19.8 Å². The summed E-state index contributed by atoms with van der Waals surface area (Å²) in [7, 11) is 5.62. The van der Waals surface area contributed by atoms with Gasteiger partial charge in [-0.15, -0.1) is 10.2 Å². The number of amides is 1. The first-order valence-electron chi connectivity index (χ1n) is 12.0. The predicted octanol–water partition coefficient (Wildman–Crippen LogP) is 3.83. The second kappa shape index (κ2) is 13.1. The van der Waals surface area contributed by atoms with Gasteiger partial charge in [-0.05, 0) is 78.2 Å². The summed E-state index contributed by atoms with van der Waals surface area (Å²) >= 11 is 1.41. The van der Waals surface area contributed by atoms with Crippen molar-refractivity contribution < 1.29 is 19.1 Å². The van der Waals surface area contributed by atoms with Gasteiger partial charge in [-0.25, -0.2) is 4.79 Å². The molecule has 1 N–H and O–H groups in total. The van der Waals surface area contributed by atoms with E-state index >= 15 is 0 Å². The van der Waals surface area contributed by atoms with Gasteiger partial charge in [-0.2, -0.15) is 4.80 Å². The first-order chi connectivity index (χ1) is 17.7. The van der Waals surface area contributed by atoms with Crippen LogP contribution >= 0.6 is 11.8 Å². The van der Waals surface area contributed by atoms with Gasteiger partial charge in [0.1, 0.15) is 12.3 Å². The number of aromatic nitrogens is 4. The minimum Gasteiger partial charge on any atom is -0.497 e. The zero-order valence-corrected chi connectivity index (χ0v) is 23.0.